The molecule has 3 heteroatoms. The summed E-state index contributed by atoms with van der Waals surface area (Å²) < 4.78 is 5.27. The Kier molecular flexibility index (Phi) is 6.04. The van der Waals surface area contributed by atoms with Crippen molar-refractivity contribution in [2.45, 2.75) is 34.6 Å². The van der Waals surface area contributed by atoms with Crippen LogP contribution in [0.25, 0.3) is 6.08 Å². The predicted molar refractivity (Wildman–Crippen MR) is 109 cm³/mol. The third kappa shape index (κ3) is 4.23. The van der Waals surface area contributed by atoms with E-state index < -0.39 is 0 Å². The van der Waals surface area contributed by atoms with Gasteiger partial charge in [-0.25, -0.2) is 0 Å². The van der Waals surface area contributed by atoms with E-state index in [0.717, 1.165) is 17.1 Å². The molecule has 0 atom stereocenters. The summed E-state index contributed by atoms with van der Waals surface area (Å²) in [4.78, 5) is 13.5. The molecule has 2 rings (SSSR count). The fraction of sp³-hybridized carbons (Fsp3) is 0.261. The van der Waals surface area contributed by atoms with Gasteiger partial charge < -0.3 is 9.64 Å². The molecule has 0 amide bonds. The number of allylic oxidation sites excluding steroid dienone is 6. The van der Waals surface area contributed by atoms with E-state index >= 15 is 0 Å². The van der Waals surface area contributed by atoms with Crippen molar-refractivity contribution in [3.05, 3.63) is 82.4 Å². The Hall–Kier alpha value is -2.81. The Balaban J connectivity index is 2.31. The van der Waals surface area contributed by atoms with Crippen molar-refractivity contribution in [1.82, 2.24) is 4.90 Å². The molecule has 0 saturated heterocycles. The van der Waals surface area contributed by atoms with E-state index in [4.69, 9.17) is 4.74 Å². The van der Waals surface area contributed by atoms with Gasteiger partial charge in [-0.15, -0.1) is 0 Å². The highest BCUT2D eigenvalue weighted by molar-refractivity contribution is 5.96. The van der Waals surface area contributed by atoms with Crippen LogP contribution in [0.15, 0.2) is 71.2 Å². The highest BCUT2D eigenvalue weighted by Crippen LogP contribution is 2.27. The van der Waals surface area contributed by atoms with E-state index in [-0.39, 0.29) is 5.78 Å². The maximum atomic E-state index is 11.5. The van der Waals surface area contributed by atoms with Crippen molar-refractivity contribution in [2.75, 3.05) is 7.11 Å². The number of carbonyl (C=O) groups excluding carboxylic acids is 1. The molecule has 0 saturated carbocycles. The number of methoxy groups -OCH3 is 1. The maximum Gasteiger partial charge on any atom is 0.159 e. The third-order valence-corrected chi connectivity index (χ3v) is 4.79. The Labute approximate surface area is 156 Å². The average molecular weight is 349 g/mol. The van der Waals surface area contributed by atoms with Gasteiger partial charge in [-0.1, -0.05) is 18.7 Å². The Morgan fingerprint density at radius 1 is 1.19 bits per heavy atom. The second-order valence-electron chi connectivity index (χ2n) is 6.59. The molecule has 1 aromatic rings. The van der Waals surface area contributed by atoms with Crippen LogP contribution in [0.3, 0.4) is 0 Å². The smallest absolute Gasteiger partial charge is 0.159 e. The summed E-state index contributed by atoms with van der Waals surface area (Å²) in [6.07, 6.45) is 7.75. The van der Waals surface area contributed by atoms with Gasteiger partial charge in [0.15, 0.2) is 5.78 Å². The van der Waals surface area contributed by atoms with Crippen LogP contribution < -0.4 is 4.74 Å². The van der Waals surface area contributed by atoms with Crippen LogP contribution in [0.1, 0.15) is 38.8 Å². The summed E-state index contributed by atoms with van der Waals surface area (Å²) in [5.74, 6) is 0.912. The SMILES string of the molecule is C=C1C=C(C(C)=O)C=CN1/C(C)=C(C)/C(C)=C/c1ccc(OC)cc1C. The van der Waals surface area contributed by atoms with Crippen LogP contribution in [0.2, 0.25) is 0 Å². The molecule has 0 bridgehead atoms. The number of aryl methyl sites for hydroxylation is 1. The number of carbonyl (C=O) groups is 1. The van der Waals surface area contributed by atoms with E-state index in [2.05, 4.69) is 46.4 Å². The number of ketones is 1. The van der Waals surface area contributed by atoms with Gasteiger partial charge in [0, 0.05) is 23.2 Å². The second-order valence-corrected chi connectivity index (χ2v) is 6.59. The third-order valence-electron chi connectivity index (χ3n) is 4.79. The molecular weight excluding hydrogens is 322 g/mol. The zero-order valence-electron chi connectivity index (χ0n) is 16.5. The highest BCUT2D eigenvalue weighted by atomic mass is 16.5. The number of hydrogen-bond donors (Lipinski definition) is 0. The van der Waals surface area contributed by atoms with E-state index in [9.17, 15) is 4.79 Å². The molecule has 1 heterocycles. The zero-order valence-corrected chi connectivity index (χ0v) is 16.5. The van der Waals surface area contributed by atoms with Gasteiger partial charge in [0.2, 0.25) is 0 Å². The van der Waals surface area contributed by atoms with Gasteiger partial charge in [-0.3, -0.25) is 4.79 Å². The molecule has 3 nitrogen and oxygen atoms in total. The number of Topliss-reactive ketones (excluding diaryl/α,β-unsaturated/α-hetero) is 1. The monoisotopic (exact) mass is 349 g/mol. The lowest BCUT2D eigenvalue weighted by Crippen LogP contribution is -2.18. The molecule has 1 aliphatic heterocycles. The molecule has 0 N–H and O–H groups in total. The van der Waals surface area contributed by atoms with Crippen molar-refractivity contribution >= 4 is 11.9 Å². The van der Waals surface area contributed by atoms with E-state index in [1.807, 2.05) is 35.4 Å². The van der Waals surface area contributed by atoms with E-state index in [0.29, 0.717) is 5.57 Å². The molecule has 1 aliphatic rings. The van der Waals surface area contributed by atoms with Gasteiger partial charge in [-0.05, 0) is 81.2 Å². The molecule has 0 fully saturated rings. The van der Waals surface area contributed by atoms with E-state index in [1.165, 1.54) is 22.3 Å². The predicted octanol–water partition coefficient (Wildman–Crippen LogP) is 5.56. The van der Waals surface area contributed by atoms with Crippen molar-refractivity contribution in [2.24, 2.45) is 0 Å². The summed E-state index contributed by atoms with van der Waals surface area (Å²) >= 11 is 0. The van der Waals surface area contributed by atoms with Crippen molar-refractivity contribution in [1.29, 1.82) is 0 Å². The topological polar surface area (TPSA) is 29.5 Å². The number of nitrogens with zero attached hydrogens (tertiary/aromatic N) is 1. The van der Waals surface area contributed by atoms with Crippen molar-refractivity contribution < 1.29 is 9.53 Å². The van der Waals surface area contributed by atoms with Crippen LogP contribution in [0.5, 0.6) is 5.75 Å². The fourth-order valence-electron chi connectivity index (χ4n) is 2.84. The van der Waals surface area contributed by atoms with E-state index in [1.54, 1.807) is 14.0 Å². The minimum Gasteiger partial charge on any atom is -0.497 e. The zero-order chi connectivity index (χ0) is 19.4. The maximum absolute atomic E-state index is 11.5. The van der Waals surface area contributed by atoms with Gasteiger partial charge in [-0.2, -0.15) is 0 Å². The molecule has 26 heavy (non-hydrogen) atoms. The van der Waals surface area contributed by atoms with Crippen molar-refractivity contribution in [3.8, 4) is 5.75 Å². The van der Waals surface area contributed by atoms with Gasteiger partial charge in [0.1, 0.15) is 5.75 Å². The standard InChI is InChI=1S/C23H27NO2/c1-15(12-21-8-9-23(26-7)13-16(21)2)18(4)19(5)24-11-10-22(20(6)25)14-17(24)3/h8-14H,3H2,1-2,4-7H3/b15-12+,19-18+. The fourth-order valence-corrected chi connectivity index (χ4v) is 2.84. The minimum atomic E-state index is 0.0476. The summed E-state index contributed by atoms with van der Waals surface area (Å²) in [5.41, 5.74) is 7.25. The lowest BCUT2D eigenvalue weighted by atomic mass is 10.00. The number of ether oxygens (including phenoxy) is 1. The van der Waals surface area contributed by atoms with Gasteiger partial charge in [0.05, 0.1) is 7.11 Å². The Morgan fingerprint density at radius 3 is 2.42 bits per heavy atom. The molecule has 0 aromatic heterocycles. The molecule has 0 unspecified atom stereocenters. The second kappa shape index (κ2) is 8.05. The molecule has 1 aromatic carbocycles. The first-order valence-corrected chi connectivity index (χ1v) is 8.64. The first-order valence-electron chi connectivity index (χ1n) is 8.64. The first kappa shape index (κ1) is 19.5. The molecular formula is C23H27NO2. The highest BCUT2D eigenvalue weighted by Gasteiger charge is 2.15. The molecule has 0 aliphatic carbocycles. The molecule has 0 spiro atoms. The van der Waals surface area contributed by atoms with Crippen LogP contribution in [0.4, 0.5) is 0 Å². The normalized spacial score (nSPS) is 15.6. The van der Waals surface area contributed by atoms with Gasteiger partial charge >= 0.3 is 0 Å². The Bertz CT molecular complexity index is 866. The quantitative estimate of drug-likeness (QED) is 0.652. The molecule has 136 valence electrons. The Morgan fingerprint density at radius 2 is 1.88 bits per heavy atom. The van der Waals surface area contributed by atoms with Crippen molar-refractivity contribution in [3.63, 3.8) is 0 Å². The van der Waals surface area contributed by atoms with Crippen LogP contribution in [-0.4, -0.2) is 17.8 Å². The lowest BCUT2D eigenvalue weighted by Gasteiger charge is -2.27. The van der Waals surface area contributed by atoms with Crippen LogP contribution >= 0.6 is 0 Å². The largest absolute Gasteiger partial charge is 0.497 e. The molecule has 0 radical (unpaired) electrons. The summed E-state index contributed by atoms with van der Waals surface area (Å²) in [5, 5.41) is 0. The minimum absolute atomic E-state index is 0.0476. The lowest BCUT2D eigenvalue weighted by molar-refractivity contribution is -0.113. The summed E-state index contributed by atoms with van der Waals surface area (Å²) in [6, 6.07) is 6.08. The summed E-state index contributed by atoms with van der Waals surface area (Å²) in [7, 11) is 1.68. The average Bonchev–Trinajstić information content (AvgIpc) is 2.61. The van der Waals surface area contributed by atoms with Crippen LogP contribution in [0, 0.1) is 6.92 Å². The number of rotatable bonds is 5. The van der Waals surface area contributed by atoms with Crippen LogP contribution in [-0.2, 0) is 4.79 Å². The number of benzene rings is 1. The van der Waals surface area contributed by atoms with Gasteiger partial charge in [0.25, 0.3) is 0 Å². The first-order chi connectivity index (χ1) is 12.2. The summed E-state index contributed by atoms with van der Waals surface area (Å²) in [6.45, 7) is 14.0. The number of hydrogen-bond acceptors (Lipinski definition) is 3.